The number of hydrogen-bond acceptors (Lipinski definition) is 4. The summed E-state index contributed by atoms with van der Waals surface area (Å²) in [4.78, 5) is 27.4. The molecule has 1 aromatic carbocycles. The minimum atomic E-state index is -0.281. The zero-order valence-electron chi connectivity index (χ0n) is 14.6. The average Bonchev–Trinajstić information content (AvgIpc) is 3.33. The van der Waals surface area contributed by atoms with E-state index in [4.69, 9.17) is 0 Å². The second-order valence-electron chi connectivity index (χ2n) is 6.81. The van der Waals surface area contributed by atoms with Gasteiger partial charge < -0.3 is 14.9 Å². The van der Waals surface area contributed by atoms with Gasteiger partial charge in [0.1, 0.15) is 6.33 Å². The van der Waals surface area contributed by atoms with Crippen LogP contribution in [-0.2, 0) is 0 Å². The minimum absolute atomic E-state index is 0.203. The van der Waals surface area contributed by atoms with E-state index in [1.54, 1.807) is 24.5 Å². The number of aromatic amines is 1. The first-order valence-electron chi connectivity index (χ1n) is 8.96. The first kappa shape index (κ1) is 16.5. The third-order valence-electron chi connectivity index (χ3n) is 5.11. The second kappa shape index (κ2) is 6.74. The fourth-order valence-corrected chi connectivity index (χ4v) is 3.76. The van der Waals surface area contributed by atoms with Crippen LogP contribution in [0.5, 0.6) is 0 Å². The Bertz CT molecular complexity index is 1000. The standard InChI is InChI=1S/C19H21N5O2/c1-12(17-23-21-11-24(17)13-6-2-3-7-13)22-19(26)16-10-20-18(25)15-9-5-4-8-14(15)16/h4-5,8-13H,2-3,6-7H2,1H3,(H,20,25)(H,22,26). The largest absolute Gasteiger partial charge is 0.342 e. The van der Waals surface area contributed by atoms with Crippen LogP contribution < -0.4 is 10.9 Å². The number of pyridine rings is 1. The first-order valence-corrected chi connectivity index (χ1v) is 8.96. The van der Waals surface area contributed by atoms with Crippen molar-refractivity contribution in [3.63, 3.8) is 0 Å². The highest BCUT2D eigenvalue weighted by Gasteiger charge is 2.24. The van der Waals surface area contributed by atoms with Gasteiger partial charge in [0.2, 0.25) is 0 Å². The van der Waals surface area contributed by atoms with Gasteiger partial charge in [-0.1, -0.05) is 31.0 Å². The number of fused-ring (bicyclic) bond motifs is 1. The fourth-order valence-electron chi connectivity index (χ4n) is 3.76. The highest BCUT2D eigenvalue weighted by atomic mass is 16.2. The predicted octanol–water partition coefficient (Wildman–Crippen LogP) is 2.73. The SMILES string of the molecule is CC(NC(=O)c1c[nH]c(=O)c2ccccc12)c1nncn1C1CCCC1. The summed E-state index contributed by atoms with van der Waals surface area (Å²) in [5.74, 6) is 0.518. The lowest BCUT2D eigenvalue weighted by Crippen LogP contribution is -2.30. The van der Waals surface area contributed by atoms with E-state index in [0.717, 1.165) is 18.7 Å². The van der Waals surface area contributed by atoms with E-state index < -0.39 is 0 Å². The number of aromatic nitrogens is 4. The molecule has 7 heteroatoms. The summed E-state index contributed by atoms with van der Waals surface area (Å²) < 4.78 is 2.09. The van der Waals surface area contributed by atoms with Crippen molar-refractivity contribution in [2.75, 3.05) is 0 Å². The van der Waals surface area contributed by atoms with Crippen LogP contribution in [0.25, 0.3) is 10.8 Å². The number of hydrogen-bond donors (Lipinski definition) is 2. The Morgan fingerprint density at radius 1 is 1.27 bits per heavy atom. The van der Waals surface area contributed by atoms with Gasteiger partial charge in [-0.05, 0) is 25.8 Å². The normalized spacial score (nSPS) is 16.0. The molecule has 4 rings (SSSR count). The molecule has 0 spiro atoms. The molecule has 2 N–H and O–H groups in total. The second-order valence-corrected chi connectivity index (χ2v) is 6.81. The molecular weight excluding hydrogens is 330 g/mol. The van der Waals surface area contributed by atoms with Crippen LogP contribution in [0.4, 0.5) is 0 Å². The summed E-state index contributed by atoms with van der Waals surface area (Å²) in [7, 11) is 0. The number of H-pyrrole nitrogens is 1. The van der Waals surface area contributed by atoms with Crippen LogP contribution in [-0.4, -0.2) is 25.7 Å². The number of rotatable bonds is 4. The van der Waals surface area contributed by atoms with Crippen LogP contribution >= 0.6 is 0 Å². The van der Waals surface area contributed by atoms with Crippen molar-refractivity contribution in [1.82, 2.24) is 25.1 Å². The first-order chi connectivity index (χ1) is 12.6. The predicted molar refractivity (Wildman–Crippen MR) is 98.0 cm³/mol. The van der Waals surface area contributed by atoms with Crippen LogP contribution in [0, 0.1) is 0 Å². The molecule has 2 heterocycles. The lowest BCUT2D eigenvalue weighted by atomic mass is 10.1. The molecule has 0 saturated heterocycles. The number of amides is 1. The molecular formula is C19H21N5O2. The summed E-state index contributed by atoms with van der Waals surface area (Å²) in [5.41, 5.74) is 0.241. The van der Waals surface area contributed by atoms with E-state index in [1.807, 2.05) is 13.0 Å². The van der Waals surface area contributed by atoms with Crippen molar-refractivity contribution in [1.29, 1.82) is 0 Å². The average molecular weight is 351 g/mol. The lowest BCUT2D eigenvalue weighted by Gasteiger charge is -2.19. The van der Waals surface area contributed by atoms with Crippen LogP contribution in [0.1, 0.15) is 60.9 Å². The van der Waals surface area contributed by atoms with Crippen molar-refractivity contribution >= 4 is 16.7 Å². The van der Waals surface area contributed by atoms with E-state index in [2.05, 4.69) is 25.1 Å². The zero-order chi connectivity index (χ0) is 18.1. The van der Waals surface area contributed by atoms with Crippen molar-refractivity contribution in [3.05, 3.63) is 58.5 Å². The quantitative estimate of drug-likeness (QED) is 0.756. The summed E-state index contributed by atoms with van der Waals surface area (Å²) in [5, 5.41) is 12.4. The molecule has 1 aliphatic rings. The molecule has 1 fully saturated rings. The molecule has 7 nitrogen and oxygen atoms in total. The fraction of sp³-hybridized carbons (Fsp3) is 0.368. The maximum atomic E-state index is 12.8. The van der Waals surface area contributed by atoms with Crippen LogP contribution in [0.3, 0.4) is 0 Å². The molecule has 1 saturated carbocycles. The Kier molecular flexibility index (Phi) is 4.28. The molecule has 0 aliphatic heterocycles. The third-order valence-corrected chi connectivity index (χ3v) is 5.11. The number of carbonyl (C=O) groups excluding carboxylic acids is 1. The molecule has 3 aromatic rings. The van der Waals surface area contributed by atoms with Crippen molar-refractivity contribution < 1.29 is 4.79 Å². The number of nitrogens with zero attached hydrogens (tertiary/aromatic N) is 3. The molecule has 134 valence electrons. The molecule has 1 aliphatic carbocycles. The van der Waals surface area contributed by atoms with Crippen LogP contribution in [0.2, 0.25) is 0 Å². The van der Waals surface area contributed by atoms with Gasteiger partial charge in [0, 0.05) is 23.0 Å². The maximum absolute atomic E-state index is 12.8. The molecule has 0 radical (unpaired) electrons. The smallest absolute Gasteiger partial charge is 0.255 e. The van der Waals surface area contributed by atoms with Crippen molar-refractivity contribution in [2.45, 2.75) is 44.7 Å². The van der Waals surface area contributed by atoms with Crippen molar-refractivity contribution in [2.24, 2.45) is 0 Å². The molecule has 1 amide bonds. The highest BCUT2D eigenvalue weighted by molar-refractivity contribution is 6.06. The Morgan fingerprint density at radius 2 is 2.00 bits per heavy atom. The number of nitrogens with one attached hydrogen (secondary N) is 2. The van der Waals surface area contributed by atoms with Gasteiger partial charge >= 0.3 is 0 Å². The van der Waals surface area contributed by atoms with E-state index in [0.29, 0.717) is 22.4 Å². The minimum Gasteiger partial charge on any atom is -0.342 e. The van der Waals surface area contributed by atoms with Gasteiger partial charge in [-0.15, -0.1) is 10.2 Å². The molecule has 1 unspecified atom stereocenters. The summed E-state index contributed by atoms with van der Waals surface area (Å²) in [6.45, 7) is 1.90. The lowest BCUT2D eigenvalue weighted by molar-refractivity contribution is 0.0938. The van der Waals surface area contributed by atoms with Crippen molar-refractivity contribution in [3.8, 4) is 0 Å². The summed E-state index contributed by atoms with van der Waals surface area (Å²) in [6.07, 6.45) is 7.89. The van der Waals surface area contributed by atoms with E-state index in [-0.39, 0.29) is 17.5 Å². The summed E-state index contributed by atoms with van der Waals surface area (Å²) in [6, 6.07) is 7.23. The Balaban J connectivity index is 1.60. The van der Waals surface area contributed by atoms with Gasteiger partial charge in [-0.2, -0.15) is 0 Å². The number of carbonyl (C=O) groups is 1. The van der Waals surface area contributed by atoms with Gasteiger partial charge in [0.15, 0.2) is 5.82 Å². The highest BCUT2D eigenvalue weighted by Crippen LogP contribution is 2.31. The number of benzene rings is 1. The van der Waals surface area contributed by atoms with Gasteiger partial charge in [0.05, 0.1) is 11.6 Å². The molecule has 1 atom stereocenters. The van der Waals surface area contributed by atoms with Gasteiger partial charge in [0.25, 0.3) is 11.5 Å². The van der Waals surface area contributed by atoms with Gasteiger partial charge in [-0.25, -0.2) is 0 Å². The van der Waals surface area contributed by atoms with E-state index >= 15 is 0 Å². The van der Waals surface area contributed by atoms with Crippen LogP contribution in [0.15, 0.2) is 41.6 Å². The molecule has 0 bridgehead atoms. The monoisotopic (exact) mass is 351 g/mol. The Morgan fingerprint density at radius 3 is 2.77 bits per heavy atom. The van der Waals surface area contributed by atoms with E-state index in [1.165, 1.54) is 19.0 Å². The Labute approximate surface area is 150 Å². The van der Waals surface area contributed by atoms with E-state index in [9.17, 15) is 9.59 Å². The zero-order valence-corrected chi connectivity index (χ0v) is 14.6. The summed E-state index contributed by atoms with van der Waals surface area (Å²) >= 11 is 0. The topological polar surface area (TPSA) is 92.7 Å². The molecule has 2 aromatic heterocycles. The Hall–Kier alpha value is -2.96. The molecule has 26 heavy (non-hydrogen) atoms. The maximum Gasteiger partial charge on any atom is 0.255 e. The van der Waals surface area contributed by atoms with Gasteiger partial charge in [-0.3, -0.25) is 9.59 Å². The third kappa shape index (κ3) is 2.89.